The Balaban J connectivity index is 1.85. The fraction of sp³-hybridized carbons (Fsp3) is 0.706. The lowest BCUT2D eigenvalue weighted by molar-refractivity contribution is -0.126. The third-order valence-corrected chi connectivity index (χ3v) is 4.32. The van der Waals surface area contributed by atoms with Gasteiger partial charge in [0.2, 0.25) is 0 Å². The van der Waals surface area contributed by atoms with Crippen LogP contribution in [0.4, 0.5) is 0 Å². The van der Waals surface area contributed by atoms with Crippen molar-refractivity contribution in [2.75, 3.05) is 13.6 Å². The van der Waals surface area contributed by atoms with Crippen LogP contribution >= 0.6 is 0 Å². The van der Waals surface area contributed by atoms with Gasteiger partial charge in [0.25, 0.3) is 0 Å². The molecular formula is C17H27NO2. The molecule has 1 fully saturated rings. The maximum Gasteiger partial charge on any atom is 0.137 e. The lowest BCUT2D eigenvalue weighted by Gasteiger charge is -2.30. The van der Waals surface area contributed by atoms with Gasteiger partial charge in [-0.25, -0.2) is 0 Å². The third-order valence-electron chi connectivity index (χ3n) is 4.32. The van der Waals surface area contributed by atoms with Crippen LogP contribution in [0.15, 0.2) is 16.5 Å². The van der Waals surface area contributed by atoms with Crippen LogP contribution in [0, 0.1) is 18.8 Å². The molecule has 1 heterocycles. The van der Waals surface area contributed by atoms with Gasteiger partial charge in [0.05, 0.1) is 6.54 Å². The van der Waals surface area contributed by atoms with E-state index in [-0.39, 0.29) is 5.92 Å². The third kappa shape index (κ3) is 4.20. The Kier molecular flexibility index (Phi) is 5.41. The van der Waals surface area contributed by atoms with Gasteiger partial charge >= 0.3 is 0 Å². The van der Waals surface area contributed by atoms with Crippen LogP contribution in [-0.2, 0) is 11.3 Å². The van der Waals surface area contributed by atoms with E-state index in [9.17, 15) is 4.79 Å². The van der Waals surface area contributed by atoms with Crippen molar-refractivity contribution in [1.29, 1.82) is 0 Å². The van der Waals surface area contributed by atoms with E-state index >= 15 is 0 Å². The first-order valence-corrected chi connectivity index (χ1v) is 7.85. The van der Waals surface area contributed by atoms with E-state index in [4.69, 9.17) is 4.42 Å². The van der Waals surface area contributed by atoms with Crippen molar-refractivity contribution in [3.05, 3.63) is 23.7 Å². The summed E-state index contributed by atoms with van der Waals surface area (Å²) in [5.74, 6) is 3.37. The molecule has 0 aliphatic heterocycles. The van der Waals surface area contributed by atoms with Gasteiger partial charge in [0.1, 0.15) is 17.3 Å². The smallest absolute Gasteiger partial charge is 0.137 e. The molecule has 1 aromatic rings. The van der Waals surface area contributed by atoms with Gasteiger partial charge in [-0.3, -0.25) is 9.69 Å². The van der Waals surface area contributed by atoms with E-state index in [1.165, 1.54) is 12.8 Å². The molecule has 3 heteroatoms. The van der Waals surface area contributed by atoms with Gasteiger partial charge in [0, 0.05) is 18.9 Å². The minimum absolute atomic E-state index is 0.223. The van der Waals surface area contributed by atoms with Crippen molar-refractivity contribution in [2.24, 2.45) is 11.8 Å². The summed E-state index contributed by atoms with van der Waals surface area (Å²) in [7, 11) is 2.08. The number of nitrogens with zero attached hydrogens (tertiary/aromatic N) is 1. The fourth-order valence-electron chi connectivity index (χ4n) is 3.33. The van der Waals surface area contributed by atoms with Gasteiger partial charge in [-0.1, -0.05) is 19.8 Å². The molecule has 0 spiro atoms. The topological polar surface area (TPSA) is 33.5 Å². The van der Waals surface area contributed by atoms with E-state index in [1.54, 1.807) is 0 Å². The first-order valence-electron chi connectivity index (χ1n) is 7.85. The van der Waals surface area contributed by atoms with Gasteiger partial charge in [-0.05, 0) is 44.9 Å². The predicted molar refractivity (Wildman–Crippen MR) is 80.5 cm³/mol. The number of ketones is 1. The molecule has 0 bridgehead atoms. The van der Waals surface area contributed by atoms with E-state index in [0.717, 1.165) is 49.8 Å². The first kappa shape index (κ1) is 15.3. The predicted octanol–water partition coefficient (Wildman–Crippen LogP) is 3.81. The monoisotopic (exact) mass is 277 g/mol. The van der Waals surface area contributed by atoms with Crippen LogP contribution in [0.5, 0.6) is 0 Å². The number of rotatable bonds is 6. The molecule has 0 aromatic carbocycles. The second-order valence-electron chi connectivity index (χ2n) is 6.30. The molecule has 3 nitrogen and oxygen atoms in total. The first-order chi connectivity index (χ1) is 9.58. The van der Waals surface area contributed by atoms with E-state index < -0.39 is 0 Å². The molecule has 2 unspecified atom stereocenters. The molecule has 1 aliphatic carbocycles. The Morgan fingerprint density at radius 3 is 2.85 bits per heavy atom. The summed E-state index contributed by atoms with van der Waals surface area (Å²) in [5, 5.41) is 0. The second-order valence-corrected chi connectivity index (χ2v) is 6.30. The summed E-state index contributed by atoms with van der Waals surface area (Å²) in [5.41, 5.74) is 0. The molecule has 112 valence electrons. The summed E-state index contributed by atoms with van der Waals surface area (Å²) in [6, 6.07) is 4.01. The van der Waals surface area contributed by atoms with Gasteiger partial charge in [0.15, 0.2) is 0 Å². The maximum atomic E-state index is 12.1. The Bertz CT molecular complexity index is 438. The molecule has 2 rings (SSSR count). The highest BCUT2D eigenvalue weighted by atomic mass is 16.3. The average molecular weight is 277 g/mol. The Hall–Kier alpha value is -1.09. The zero-order valence-corrected chi connectivity index (χ0v) is 13.0. The normalized spacial score (nSPS) is 23.5. The van der Waals surface area contributed by atoms with Crippen LogP contribution in [0.3, 0.4) is 0 Å². The summed E-state index contributed by atoms with van der Waals surface area (Å²) in [4.78, 5) is 14.3. The molecule has 2 atom stereocenters. The summed E-state index contributed by atoms with van der Waals surface area (Å²) < 4.78 is 5.60. The Morgan fingerprint density at radius 1 is 1.40 bits per heavy atom. The van der Waals surface area contributed by atoms with Crippen molar-refractivity contribution in [3.8, 4) is 0 Å². The van der Waals surface area contributed by atoms with E-state index in [2.05, 4.69) is 18.9 Å². The molecule has 1 aromatic heterocycles. The lowest BCUT2D eigenvalue weighted by atomic mass is 9.78. The Morgan fingerprint density at radius 2 is 2.20 bits per heavy atom. The molecule has 0 radical (unpaired) electrons. The van der Waals surface area contributed by atoms with Crippen molar-refractivity contribution in [1.82, 2.24) is 4.90 Å². The summed E-state index contributed by atoms with van der Waals surface area (Å²) in [6.45, 7) is 5.84. The van der Waals surface area contributed by atoms with E-state index in [0.29, 0.717) is 5.78 Å². The molecule has 0 N–H and O–H groups in total. The zero-order chi connectivity index (χ0) is 14.5. The molecule has 20 heavy (non-hydrogen) atoms. The second kappa shape index (κ2) is 7.07. The molecular weight excluding hydrogens is 250 g/mol. The standard InChI is InChI=1S/C17H27NO2/c1-4-5-14-7-9-17(19)15(10-14)11-18(3)12-16-8-6-13(2)20-16/h6,8,14-15H,4-5,7,9-12H2,1-3H3. The van der Waals surface area contributed by atoms with Crippen LogP contribution in [0.1, 0.15) is 50.5 Å². The number of carbonyl (C=O) groups is 1. The van der Waals surface area contributed by atoms with Gasteiger partial charge in [-0.15, -0.1) is 0 Å². The molecule has 1 aliphatic rings. The van der Waals surface area contributed by atoms with Crippen molar-refractivity contribution >= 4 is 5.78 Å². The maximum absolute atomic E-state index is 12.1. The highest BCUT2D eigenvalue weighted by Gasteiger charge is 2.29. The SMILES string of the molecule is CCCC1CCC(=O)C(CN(C)Cc2ccc(C)o2)C1. The summed E-state index contributed by atoms with van der Waals surface area (Å²) in [6.07, 6.45) is 5.46. The average Bonchev–Trinajstić information content (AvgIpc) is 2.79. The lowest BCUT2D eigenvalue weighted by Crippen LogP contribution is -2.34. The van der Waals surface area contributed by atoms with Crippen molar-refractivity contribution in [2.45, 2.75) is 52.5 Å². The quantitative estimate of drug-likeness (QED) is 0.793. The van der Waals surface area contributed by atoms with Crippen molar-refractivity contribution in [3.63, 3.8) is 0 Å². The van der Waals surface area contributed by atoms with Crippen LogP contribution in [-0.4, -0.2) is 24.3 Å². The highest BCUT2D eigenvalue weighted by Crippen LogP contribution is 2.30. The van der Waals surface area contributed by atoms with Crippen molar-refractivity contribution < 1.29 is 9.21 Å². The van der Waals surface area contributed by atoms with Crippen LogP contribution in [0.2, 0.25) is 0 Å². The summed E-state index contributed by atoms with van der Waals surface area (Å²) >= 11 is 0. The number of carbonyl (C=O) groups excluding carboxylic acids is 1. The number of hydrogen-bond donors (Lipinski definition) is 0. The van der Waals surface area contributed by atoms with Gasteiger partial charge < -0.3 is 4.42 Å². The molecule has 0 saturated heterocycles. The van der Waals surface area contributed by atoms with Gasteiger partial charge in [-0.2, -0.15) is 0 Å². The van der Waals surface area contributed by atoms with E-state index in [1.807, 2.05) is 19.1 Å². The number of Topliss-reactive ketones (excluding diaryl/α,β-unsaturated/α-hetero) is 1. The zero-order valence-electron chi connectivity index (χ0n) is 13.0. The number of hydrogen-bond acceptors (Lipinski definition) is 3. The largest absolute Gasteiger partial charge is 0.465 e. The molecule has 0 amide bonds. The highest BCUT2D eigenvalue weighted by molar-refractivity contribution is 5.81. The minimum atomic E-state index is 0.223. The minimum Gasteiger partial charge on any atom is -0.465 e. The number of aryl methyl sites for hydroxylation is 1. The molecule has 1 saturated carbocycles. The van der Waals surface area contributed by atoms with Crippen LogP contribution in [0.25, 0.3) is 0 Å². The fourth-order valence-corrected chi connectivity index (χ4v) is 3.33. The number of furan rings is 1. The van der Waals surface area contributed by atoms with Crippen LogP contribution < -0.4 is 0 Å². The Labute approximate surface area is 122 Å².